The van der Waals surface area contributed by atoms with Crippen molar-refractivity contribution in [2.75, 3.05) is 0 Å². The van der Waals surface area contributed by atoms with Crippen molar-refractivity contribution in [1.82, 2.24) is 20.2 Å². The second-order valence-electron chi connectivity index (χ2n) is 3.76. The molecule has 18 heavy (non-hydrogen) atoms. The summed E-state index contributed by atoms with van der Waals surface area (Å²) in [7, 11) is 0. The second kappa shape index (κ2) is 5.14. The Hall–Kier alpha value is -1.95. The highest BCUT2D eigenvalue weighted by molar-refractivity contribution is 6.31. The molecule has 2 aromatic rings. The zero-order valence-electron chi connectivity index (χ0n) is 9.67. The fourth-order valence-electron chi connectivity index (χ4n) is 1.61. The summed E-state index contributed by atoms with van der Waals surface area (Å²) in [6.45, 7) is 2.01. The van der Waals surface area contributed by atoms with Crippen molar-refractivity contribution in [3.63, 3.8) is 0 Å². The van der Waals surface area contributed by atoms with Crippen molar-refractivity contribution >= 4 is 17.6 Å². The van der Waals surface area contributed by atoms with Gasteiger partial charge in [0.1, 0.15) is 0 Å². The van der Waals surface area contributed by atoms with Crippen LogP contribution >= 0.6 is 11.6 Å². The number of carbonyl (C=O) groups is 1. The first-order valence-electron chi connectivity index (χ1n) is 5.43. The molecule has 0 fully saturated rings. The maximum absolute atomic E-state index is 11.0. The molecule has 1 N–H and O–H groups in total. The maximum Gasteiger partial charge on any atom is 0.335 e. The van der Waals surface area contributed by atoms with Crippen LogP contribution in [-0.2, 0) is 6.42 Å². The van der Waals surface area contributed by atoms with E-state index in [1.807, 2.05) is 6.92 Å². The summed E-state index contributed by atoms with van der Waals surface area (Å²) in [5.74, 6) is -0.361. The Morgan fingerprint density at radius 2 is 2.22 bits per heavy atom. The normalized spacial score (nSPS) is 10.6. The Kier molecular flexibility index (Phi) is 3.57. The van der Waals surface area contributed by atoms with Crippen molar-refractivity contribution in [3.05, 3.63) is 34.6 Å². The van der Waals surface area contributed by atoms with Gasteiger partial charge in [-0.25, -0.2) is 4.79 Å². The van der Waals surface area contributed by atoms with Gasteiger partial charge in [-0.1, -0.05) is 18.5 Å². The van der Waals surface area contributed by atoms with Gasteiger partial charge >= 0.3 is 5.97 Å². The Balaban J connectivity index is 2.49. The molecule has 7 heteroatoms. The molecule has 0 aliphatic rings. The van der Waals surface area contributed by atoms with Gasteiger partial charge in [0.05, 0.1) is 11.3 Å². The highest BCUT2D eigenvalue weighted by Gasteiger charge is 2.11. The highest BCUT2D eigenvalue weighted by atomic mass is 35.5. The molecule has 1 aromatic heterocycles. The summed E-state index contributed by atoms with van der Waals surface area (Å²) in [6, 6.07) is 4.50. The maximum atomic E-state index is 11.0. The molecule has 0 unspecified atom stereocenters. The van der Waals surface area contributed by atoms with Gasteiger partial charge in [0, 0.05) is 11.4 Å². The second-order valence-corrected chi connectivity index (χ2v) is 4.20. The van der Waals surface area contributed by atoms with Gasteiger partial charge in [-0.05, 0) is 35.0 Å². The molecule has 0 saturated carbocycles. The van der Waals surface area contributed by atoms with Crippen LogP contribution in [0.1, 0.15) is 29.5 Å². The number of carboxylic acid groups (broad SMARTS) is 1. The highest BCUT2D eigenvalue weighted by Crippen LogP contribution is 2.19. The minimum absolute atomic E-state index is 0.107. The number of hydrogen-bond donors (Lipinski definition) is 1. The fourth-order valence-corrected chi connectivity index (χ4v) is 1.84. The first-order valence-corrected chi connectivity index (χ1v) is 5.81. The first kappa shape index (κ1) is 12.5. The Morgan fingerprint density at radius 1 is 1.44 bits per heavy atom. The van der Waals surface area contributed by atoms with E-state index < -0.39 is 5.97 Å². The van der Waals surface area contributed by atoms with E-state index in [4.69, 9.17) is 16.7 Å². The van der Waals surface area contributed by atoms with Crippen molar-refractivity contribution in [2.45, 2.75) is 19.8 Å². The third-order valence-electron chi connectivity index (χ3n) is 2.38. The van der Waals surface area contributed by atoms with Crippen molar-refractivity contribution < 1.29 is 9.90 Å². The number of aromatic nitrogens is 4. The lowest BCUT2D eigenvalue weighted by Crippen LogP contribution is -2.05. The van der Waals surface area contributed by atoms with E-state index in [1.165, 1.54) is 16.8 Å². The van der Waals surface area contributed by atoms with Gasteiger partial charge in [-0.3, -0.25) is 0 Å². The van der Waals surface area contributed by atoms with E-state index in [2.05, 4.69) is 15.5 Å². The van der Waals surface area contributed by atoms with Gasteiger partial charge in [-0.15, -0.1) is 5.10 Å². The third kappa shape index (κ3) is 2.48. The summed E-state index contributed by atoms with van der Waals surface area (Å²) < 4.78 is 1.50. The van der Waals surface area contributed by atoms with Crippen LogP contribution in [0.2, 0.25) is 5.02 Å². The average molecular weight is 267 g/mol. The standard InChI is InChI=1S/C11H11ClN4O2/c1-2-3-10-13-14-15-16(10)9-5-7(11(17)18)4-8(12)6-9/h4-6H,2-3H2,1H3,(H,17,18). The monoisotopic (exact) mass is 266 g/mol. The molecule has 2 rings (SSSR count). The van der Waals surface area contributed by atoms with Gasteiger partial charge in [-0.2, -0.15) is 4.68 Å². The van der Waals surface area contributed by atoms with Gasteiger partial charge in [0.2, 0.25) is 0 Å². The number of carboxylic acids is 1. The molecule has 94 valence electrons. The van der Waals surface area contributed by atoms with Gasteiger partial charge in [0.15, 0.2) is 5.82 Å². The van der Waals surface area contributed by atoms with E-state index in [9.17, 15) is 4.79 Å². The van der Waals surface area contributed by atoms with Crippen molar-refractivity contribution in [2.24, 2.45) is 0 Å². The lowest BCUT2D eigenvalue weighted by atomic mass is 10.2. The van der Waals surface area contributed by atoms with E-state index in [-0.39, 0.29) is 5.56 Å². The minimum Gasteiger partial charge on any atom is -0.478 e. The van der Waals surface area contributed by atoms with Crippen LogP contribution in [0.5, 0.6) is 0 Å². The van der Waals surface area contributed by atoms with E-state index in [0.29, 0.717) is 23.0 Å². The first-order chi connectivity index (χ1) is 8.61. The number of aryl methyl sites for hydroxylation is 1. The van der Waals surface area contributed by atoms with Crippen molar-refractivity contribution in [1.29, 1.82) is 0 Å². The van der Waals surface area contributed by atoms with E-state index >= 15 is 0 Å². The van der Waals surface area contributed by atoms with Gasteiger partial charge in [0.25, 0.3) is 0 Å². The van der Waals surface area contributed by atoms with Gasteiger partial charge < -0.3 is 5.11 Å². The van der Waals surface area contributed by atoms with E-state index in [0.717, 1.165) is 6.42 Å². The molecule has 0 atom stereocenters. The smallest absolute Gasteiger partial charge is 0.335 e. The Labute approximate surface area is 108 Å². The third-order valence-corrected chi connectivity index (χ3v) is 2.60. The Morgan fingerprint density at radius 3 is 2.89 bits per heavy atom. The molecular weight excluding hydrogens is 256 g/mol. The number of nitrogens with zero attached hydrogens (tertiary/aromatic N) is 4. The van der Waals surface area contributed by atoms with Crippen LogP contribution in [0, 0.1) is 0 Å². The predicted octanol–water partition coefficient (Wildman–Crippen LogP) is 1.97. The van der Waals surface area contributed by atoms with Crippen LogP contribution in [0.15, 0.2) is 18.2 Å². The lowest BCUT2D eigenvalue weighted by molar-refractivity contribution is 0.0697. The number of halogens is 1. The molecule has 0 radical (unpaired) electrons. The molecule has 0 aliphatic heterocycles. The van der Waals surface area contributed by atoms with Crippen LogP contribution in [0.4, 0.5) is 0 Å². The number of tetrazole rings is 1. The van der Waals surface area contributed by atoms with E-state index in [1.54, 1.807) is 6.07 Å². The minimum atomic E-state index is -1.04. The van der Waals surface area contributed by atoms with Crippen LogP contribution < -0.4 is 0 Å². The number of rotatable bonds is 4. The zero-order valence-corrected chi connectivity index (χ0v) is 10.4. The fraction of sp³-hybridized carbons (Fsp3) is 0.273. The molecule has 0 amide bonds. The average Bonchev–Trinajstić information content (AvgIpc) is 2.77. The summed E-state index contributed by atoms with van der Waals surface area (Å²) >= 11 is 5.90. The summed E-state index contributed by atoms with van der Waals surface area (Å²) in [4.78, 5) is 11.0. The summed E-state index contributed by atoms with van der Waals surface area (Å²) in [5.41, 5.74) is 0.656. The number of hydrogen-bond acceptors (Lipinski definition) is 4. The summed E-state index contributed by atoms with van der Waals surface area (Å²) in [5, 5.41) is 20.7. The number of aromatic carboxylic acids is 1. The molecule has 1 heterocycles. The molecule has 0 aliphatic carbocycles. The lowest BCUT2D eigenvalue weighted by Gasteiger charge is -2.05. The Bertz CT molecular complexity index is 582. The zero-order chi connectivity index (χ0) is 13.1. The van der Waals surface area contributed by atoms with Crippen LogP contribution in [0.25, 0.3) is 5.69 Å². The molecule has 0 spiro atoms. The quantitative estimate of drug-likeness (QED) is 0.915. The topological polar surface area (TPSA) is 80.9 Å². The summed E-state index contributed by atoms with van der Waals surface area (Å²) in [6.07, 6.45) is 1.61. The largest absolute Gasteiger partial charge is 0.478 e. The molecule has 0 saturated heterocycles. The molecule has 6 nitrogen and oxygen atoms in total. The van der Waals surface area contributed by atoms with Crippen LogP contribution in [-0.4, -0.2) is 31.3 Å². The predicted molar refractivity (Wildman–Crippen MR) is 65.1 cm³/mol. The van der Waals surface area contributed by atoms with Crippen LogP contribution in [0.3, 0.4) is 0 Å². The molecule has 1 aromatic carbocycles. The SMILES string of the molecule is CCCc1nnnn1-c1cc(Cl)cc(C(=O)O)c1. The van der Waals surface area contributed by atoms with Crippen molar-refractivity contribution in [3.8, 4) is 5.69 Å². The number of benzene rings is 1. The molecule has 0 bridgehead atoms. The molecular formula is C11H11ClN4O2.